The van der Waals surface area contributed by atoms with E-state index in [0.717, 1.165) is 11.1 Å². The average Bonchev–Trinajstić information content (AvgIpc) is 3.23. The van der Waals surface area contributed by atoms with Gasteiger partial charge in [0.15, 0.2) is 11.5 Å². The van der Waals surface area contributed by atoms with Crippen molar-refractivity contribution < 1.29 is 23.8 Å². The molecule has 4 rings (SSSR count). The standard InChI is InChI=1S/C24H21NO5/c1-15-8-9-16(2)19(12-15)25-23(26)22(17-6-4-3-5-7-17)30-24(27)18-10-11-20-21(13-18)29-14-28-20/h3-13,22H,14H2,1-2H3,(H,25,26)/t22-/m0/s1. The third kappa shape index (κ3) is 4.12. The summed E-state index contributed by atoms with van der Waals surface area (Å²) in [4.78, 5) is 25.9. The lowest BCUT2D eigenvalue weighted by Gasteiger charge is -2.19. The van der Waals surface area contributed by atoms with Gasteiger partial charge in [-0.2, -0.15) is 0 Å². The predicted octanol–water partition coefficient (Wildman–Crippen LogP) is 4.57. The van der Waals surface area contributed by atoms with Gasteiger partial charge in [-0.1, -0.05) is 42.5 Å². The second kappa shape index (κ2) is 8.29. The largest absolute Gasteiger partial charge is 0.454 e. The van der Waals surface area contributed by atoms with Gasteiger partial charge >= 0.3 is 5.97 Å². The number of benzene rings is 3. The number of esters is 1. The summed E-state index contributed by atoms with van der Waals surface area (Å²) in [6.07, 6.45) is -1.11. The summed E-state index contributed by atoms with van der Waals surface area (Å²) < 4.78 is 16.2. The van der Waals surface area contributed by atoms with Crippen LogP contribution in [0.15, 0.2) is 66.7 Å². The van der Waals surface area contributed by atoms with Gasteiger partial charge in [0.2, 0.25) is 12.9 Å². The Hall–Kier alpha value is -3.80. The van der Waals surface area contributed by atoms with E-state index in [9.17, 15) is 9.59 Å². The number of amides is 1. The molecule has 0 aliphatic carbocycles. The number of aryl methyl sites for hydroxylation is 2. The molecule has 6 nitrogen and oxygen atoms in total. The van der Waals surface area contributed by atoms with E-state index < -0.39 is 18.0 Å². The molecule has 1 atom stereocenters. The third-order valence-corrected chi connectivity index (χ3v) is 4.82. The first-order valence-corrected chi connectivity index (χ1v) is 9.55. The van der Waals surface area contributed by atoms with Crippen LogP contribution in [-0.4, -0.2) is 18.7 Å². The van der Waals surface area contributed by atoms with Crippen molar-refractivity contribution in [1.29, 1.82) is 0 Å². The van der Waals surface area contributed by atoms with Crippen molar-refractivity contribution in [3.8, 4) is 11.5 Å². The number of hydrogen-bond donors (Lipinski definition) is 1. The Morgan fingerprint density at radius 2 is 1.70 bits per heavy atom. The highest BCUT2D eigenvalue weighted by atomic mass is 16.7. The van der Waals surface area contributed by atoms with Crippen LogP contribution in [-0.2, 0) is 9.53 Å². The van der Waals surface area contributed by atoms with Gasteiger partial charge in [-0.3, -0.25) is 4.79 Å². The van der Waals surface area contributed by atoms with Gasteiger partial charge in [-0.05, 0) is 49.2 Å². The summed E-state index contributed by atoms with van der Waals surface area (Å²) in [6, 6.07) is 19.5. The summed E-state index contributed by atoms with van der Waals surface area (Å²) in [6.45, 7) is 3.97. The number of anilines is 1. The zero-order valence-corrected chi connectivity index (χ0v) is 16.7. The molecule has 1 aliphatic heterocycles. The molecule has 3 aromatic rings. The van der Waals surface area contributed by atoms with Crippen LogP contribution in [0.5, 0.6) is 11.5 Å². The lowest BCUT2D eigenvalue weighted by atomic mass is 10.1. The molecule has 0 unspecified atom stereocenters. The molecule has 0 spiro atoms. The highest BCUT2D eigenvalue weighted by Crippen LogP contribution is 2.33. The molecule has 0 aromatic heterocycles. The van der Waals surface area contributed by atoms with Crippen LogP contribution < -0.4 is 14.8 Å². The normalized spacial score (nSPS) is 12.9. The summed E-state index contributed by atoms with van der Waals surface area (Å²) in [5.41, 5.74) is 3.47. The number of nitrogens with one attached hydrogen (secondary N) is 1. The van der Waals surface area contributed by atoms with Crippen molar-refractivity contribution >= 4 is 17.6 Å². The molecule has 6 heteroatoms. The van der Waals surface area contributed by atoms with Crippen molar-refractivity contribution in [2.45, 2.75) is 20.0 Å². The first kappa shape index (κ1) is 19.5. The first-order chi connectivity index (χ1) is 14.5. The Labute approximate surface area is 174 Å². The number of carbonyl (C=O) groups excluding carboxylic acids is 2. The Balaban J connectivity index is 1.59. The van der Waals surface area contributed by atoms with Gasteiger partial charge < -0.3 is 19.5 Å². The van der Waals surface area contributed by atoms with Gasteiger partial charge in [-0.15, -0.1) is 0 Å². The average molecular weight is 403 g/mol. The number of rotatable bonds is 5. The van der Waals surface area contributed by atoms with Crippen molar-refractivity contribution in [2.75, 3.05) is 12.1 Å². The summed E-state index contributed by atoms with van der Waals surface area (Å²) in [7, 11) is 0. The molecule has 1 amide bonds. The predicted molar refractivity (Wildman–Crippen MR) is 112 cm³/mol. The lowest BCUT2D eigenvalue weighted by Crippen LogP contribution is -2.26. The van der Waals surface area contributed by atoms with Gasteiger partial charge in [0.05, 0.1) is 5.56 Å². The quantitative estimate of drug-likeness (QED) is 0.632. The summed E-state index contributed by atoms with van der Waals surface area (Å²) in [5.74, 6) is -0.0124. The Bertz CT molecular complexity index is 1090. The minimum absolute atomic E-state index is 0.110. The first-order valence-electron chi connectivity index (χ1n) is 9.55. The zero-order valence-electron chi connectivity index (χ0n) is 16.7. The molecule has 3 aromatic carbocycles. The van der Waals surface area contributed by atoms with E-state index in [1.165, 1.54) is 0 Å². The monoisotopic (exact) mass is 403 g/mol. The number of ether oxygens (including phenoxy) is 3. The fourth-order valence-electron chi connectivity index (χ4n) is 3.17. The number of carbonyl (C=O) groups is 2. The lowest BCUT2D eigenvalue weighted by molar-refractivity contribution is -0.125. The van der Waals surface area contributed by atoms with E-state index in [1.54, 1.807) is 42.5 Å². The van der Waals surface area contributed by atoms with Crippen LogP contribution in [0.3, 0.4) is 0 Å². The van der Waals surface area contributed by atoms with Gasteiger partial charge in [0.1, 0.15) is 0 Å². The minimum atomic E-state index is -1.11. The van der Waals surface area contributed by atoms with E-state index >= 15 is 0 Å². The maximum atomic E-state index is 13.1. The fraction of sp³-hybridized carbons (Fsp3) is 0.167. The molecule has 0 radical (unpaired) electrons. The summed E-state index contributed by atoms with van der Waals surface area (Å²) in [5, 5.41) is 2.89. The second-order valence-electron chi connectivity index (χ2n) is 7.07. The van der Waals surface area contributed by atoms with E-state index in [-0.39, 0.29) is 12.4 Å². The van der Waals surface area contributed by atoms with Crippen LogP contribution in [0, 0.1) is 13.8 Å². The molecule has 1 heterocycles. The fourth-order valence-corrected chi connectivity index (χ4v) is 3.17. The van der Waals surface area contributed by atoms with Gasteiger partial charge in [-0.25, -0.2) is 4.79 Å². The molecule has 30 heavy (non-hydrogen) atoms. The molecule has 152 valence electrons. The van der Waals surface area contributed by atoms with E-state index in [0.29, 0.717) is 22.7 Å². The summed E-state index contributed by atoms with van der Waals surface area (Å²) >= 11 is 0. The highest BCUT2D eigenvalue weighted by Gasteiger charge is 2.27. The van der Waals surface area contributed by atoms with Gasteiger partial charge in [0, 0.05) is 11.3 Å². The molecule has 0 bridgehead atoms. The van der Waals surface area contributed by atoms with Crippen LogP contribution in [0.1, 0.15) is 33.2 Å². The number of fused-ring (bicyclic) bond motifs is 1. The van der Waals surface area contributed by atoms with E-state index in [1.807, 2.05) is 38.1 Å². The maximum absolute atomic E-state index is 13.1. The minimum Gasteiger partial charge on any atom is -0.454 e. The third-order valence-electron chi connectivity index (χ3n) is 4.82. The van der Waals surface area contributed by atoms with Crippen molar-refractivity contribution in [3.05, 3.63) is 89.0 Å². The molecule has 0 saturated heterocycles. The molecular formula is C24H21NO5. The van der Waals surface area contributed by atoms with Crippen LogP contribution in [0.25, 0.3) is 0 Å². The van der Waals surface area contributed by atoms with Crippen molar-refractivity contribution in [1.82, 2.24) is 0 Å². The van der Waals surface area contributed by atoms with Crippen LogP contribution in [0.2, 0.25) is 0 Å². The Kier molecular flexibility index (Phi) is 5.39. The maximum Gasteiger partial charge on any atom is 0.339 e. The molecule has 1 aliphatic rings. The Morgan fingerprint density at radius 3 is 2.50 bits per heavy atom. The SMILES string of the molecule is Cc1ccc(C)c(NC(=O)[C@@H](OC(=O)c2ccc3c(c2)OCO3)c2ccccc2)c1. The van der Waals surface area contributed by atoms with Crippen molar-refractivity contribution in [2.24, 2.45) is 0 Å². The Morgan fingerprint density at radius 1 is 0.933 bits per heavy atom. The topological polar surface area (TPSA) is 73.9 Å². The molecule has 0 saturated carbocycles. The van der Waals surface area contributed by atoms with Gasteiger partial charge in [0.25, 0.3) is 5.91 Å². The molecule has 0 fully saturated rings. The number of hydrogen-bond acceptors (Lipinski definition) is 5. The van der Waals surface area contributed by atoms with E-state index in [2.05, 4.69) is 5.32 Å². The molecule has 1 N–H and O–H groups in total. The van der Waals surface area contributed by atoms with Crippen LogP contribution in [0.4, 0.5) is 5.69 Å². The van der Waals surface area contributed by atoms with Crippen molar-refractivity contribution in [3.63, 3.8) is 0 Å². The molecular weight excluding hydrogens is 382 g/mol. The van der Waals surface area contributed by atoms with Crippen LogP contribution >= 0.6 is 0 Å². The highest BCUT2D eigenvalue weighted by molar-refractivity contribution is 5.98. The second-order valence-corrected chi connectivity index (χ2v) is 7.07. The zero-order chi connectivity index (χ0) is 21.1. The smallest absolute Gasteiger partial charge is 0.339 e. The van der Waals surface area contributed by atoms with E-state index in [4.69, 9.17) is 14.2 Å².